The minimum Gasteiger partial charge on any atom is -0.347 e. The molecule has 25 heavy (non-hydrogen) atoms. The molecule has 1 aliphatic carbocycles. The van der Waals surface area contributed by atoms with E-state index in [4.69, 9.17) is 9.47 Å². The molecular weight excluding hydrogens is 316 g/mol. The Kier molecular flexibility index (Phi) is 4.80. The molecule has 3 aliphatic rings. The van der Waals surface area contributed by atoms with Gasteiger partial charge in [0.1, 0.15) is 0 Å². The van der Waals surface area contributed by atoms with Gasteiger partial charge < -0.3 is 14.4 Å². The third-order valence-corrected chi connectivity index (χ3v) is 5.68. The van der Waals surface area contributed by atoms with Crippen LogP contribution in [0.2, 0.25) is 0 Å². The molecule has 2 saturated heterocycles. The van der Waals surface area contributed by atoms with Crippen LogP contribution in [0.5, 0.6) is 0 Å². The van der Waals surface area contributed by atoms with Gasteiger partial charge in [0.25, 0.3) is 5.91 Å². The summed E-state index contributed by atoms with van der Waals surface area (Å²) in [5.74, 6) is -0.304. The van der Waals surface area contributed by atoms with Gasteiger partial charge in [-0.1, -0.05) is 19.1 Å². The Morgan fingerprint density at radius 3 is 2.36 bits per heavy atom. The van der Waals surface area contributed by atoms with E-state index < -0.39 is 5.79 Å². The molecule has 1 saturated carbocycles. The third-order valence-electron chi connectivity index (χ3n) is 5.68. The number of hydrogen-bond donors (Lipinski definition) is 0. The lowest BCUT2D eigenvalue weighted by atomic mass is 10.0. The average Bonchev–Trinajstić information content (AvgIpc) is 3.41. The Bertz CT molecular complexity index is 596. The minimum absolute atomic E-state index is 0.119. The van der Waals surface area contributed by atoms with Gasteiger partial charge >= 0.3 is 0 Å². The Hall–Kier alpha value is -1.43. The first-order valence-corrected chi connectivity index (χ1v) is 9.59. The van der Waals surface area contributed by atoms with Crippen molar-refractivity contribution in [2.24, 2.45) is 0 Å². The molecule has 1 amide bonds. The van der Waals surface area contributed by atoms with E-state index in [0.717, 1.165) is 37.5 Å². The van der Waals surface area contributed by atoms with Gasteiger partial charge in [-0.05, 0) is 37.1 Å². The molecule has 4 rings (SSSR count). The summed E-state index contributed by atoms with van der Waals surface area (Å²) in [5, 5.41) is 0. The third kappa shape index (κ3) is 3.73. The Morgan fingerprint density at radius 1 is 1.16 bits per heavy atom. The lowest BCUT2D eigenvalue weighted by Crippen LogP contribution is -2.47. The molecule has 1 aromatic rings. The Morgan fingerprint density at radius 2 is 1.80 bits per heavy atom. The Labute approximate surface area is 149 Å². The molecule has 1 spiro atoms. The average molecular weight is 344 g/mol. The van der Waals surface area contributed by atoms with Crippen molar-refractivity contribution in [2.45, 2.75) is 51.0 Å². The summed E-state index contributed by atoms with van der Waals surface area (Å²) in [5.41, 5.74) is 2.07. The van der Waals surface area contributed by atoms with E-state index in [9.17, 15) is 4.79 Å². The van der Waals surface area contributed by atoms with Gasteiger partial charge in [-0.2, -0.15) is 0 Å². The second kappa shape index (κ2) is 7.06. The van der Waals surface area contributed by atoms with Crippen molar-refractivity contribution in [3.8, 4) is 0 Å². The van der Waals surface area contributed by atoms with Gasteiger partial charge in [0.15, 0.2) is 5.79 Å². The fourth-order valence-corrected chi connectivity index (χ4v) is 3.94. The smallest absolute Gasteiger partial charge is 0.253 e. The van der Waals surface area contributed by atoms with Crippen LogP contribution in [0.4, 0.5) is 0 Å². The number of amides is 1. The zero-order valence-electron chi connectivity index (χ0n) is 15.1. The first-order valence-electron chi connectivity index (χ1n) is 9.59. The quantitative estimate of drug-likeness (QED) is 0.823. The highest BCUT2D eigenvalue weighted by Crippen LogP contribution is 2.32. The highest BCUT2D eigenvalue weighted by Gasteiger charge is 2.40. The second-order valence-electron chi connectivity index (χ2n) is 7.39. The molecular formula is C20H28N2O3. The van der Waals surface area contributed by atoms with E-state index in [1.807, 2.05) is 17.0 Å². The van der Waals surface area contributed by atoms with Crippen LogP contribution in [-0.2, 0) is 16.0 Å². The summed E-state index contributed by atoms with van der Waals surface area (Å²) in [6, 6.07) is 8.93. The lowest BCUT2D eigenvalue weighted by Gasteiger charge is -2.37. The van der Waals surface area contributed by atoms with Crippen LogP contribution < -0.4 is 0 Å². The molecule has 5 heteroatoms. The van der Waals surface area contributed by atoms with Gasteiger partial charge in [0, 0.05) is 44.1 Å². The molecule has 0 atom stereocenters. The fourth-order valence-electron chi connectivity index (χ4n) is 3.94. The topological polar surface area (TPSA) is 42.0 Å². The predicted molar refractivity (Wildman–Crippen MR) is 95.3 cm³/mol. The van der Waals surface area contributed by atoms with Crippen molar-refractivity contribution in [1.29, 1.82) is 0 Å². The van der Waals surface area contributed by atoms with Crippen molar-refractivity contribution in [3.05, 3.63) is 35.4 Å². The van der Waals surface area contributed by atoms with E-state index in [2.05, 4.69) is 24.0 Å². The number of carbonyl (C=O) groups is 1. The first-order chi connectivity index (χ1) is 12.2. The number of nitrogens with zero attached hydrogens (tertiary/aromatic N) is 2. The summed E-state index contributed by atoms with van der Waals surface area (Å²) >= 11 is 0. The van der Waals surface area contributed by atoms with Crippen molar-refractivity contribution >= 4 is 5.91 Å². The lowest BCUT2D eigenvalue weighted by molar-refractivity contribution is -0.181. The molecule has 0 aromatic heterocycles. The molecule has 3 fully saturated rings. The van der Waals surface area contributed by atoms with Crippen molar-refractivity contribution < 1.29 is 14.3 Å². The minimum atomic E-state index is -0.424. The van der Waals surface area contributed by atoms with Gasteiger partial charge in [0.2, 0.25) is 0 Å². The highest BCUT2D eigenvalue weighted by molar-refractivity contribution is 5.94. The highest BCUT2D eigenvalue weighted by atomic mass is 16.7. The molecule has 0 N–H and O–H groups in total. The molecule has 136 valence electrons. The molecule has 2 heterocycles. The van der Waals surface area contributed by atoms with Crippen molar-refractivity contribution in [3.63, 3.8) is 0 Å². The van der Waals surface area contributed by atoms with Gasteiger partial charge in [-0.25, -0.2) is 0 Å². The maximum atomic E-state index is 12.7. The number of rotatable bonds is 5. The van der Waals surface area contributed by atoms with Crippen LogP contribution in [0.25, 0.3) is 0 Å². The molecule has 0 bridgehead atoms. The van der Waals surface area contributed by atoms with Crippen LogP contribution in [0, 0.1) is 0 Å². The number of ether oxygens (including phenoxy) is 2. The van der Waals surface area contributed by atoms with Crippen molar-refractivity contribution in [1.82, 2.24) is 9.80 Å². The van der Waals surface area contributed by atoms with Gasteiger partial charge in [-0.15, -0.1) is 0 Å². The molecule has 2 aliphatic heterocycles. The van der Waals surface area contributed by atoms with Crippen LogP contribution in [0.1, 0.15) is 48.5 Å². The summed E-state index contributed by atoms with van der Waals surface area (Å²) in [6.45, 7) is 7.03. The van der Waals surface area contributed by atoms with E-state index in [1.54, 1.807) is 0 Å². The van der Waals surface area contributed by atoms with Gasteiger partial charge in [-0.3, -0.25) is 9.69 Å². The summed E-state index contributed by atoms with van der Waals surface area (Å²) in [4.78, 5) is 17.2. The largest absolute Gasteiger partial charge is 0.347 e. The first kappa shape index (κ1) is 17.0. The number of carbonyl (C=O) groups excluding carboxylic acids is 1. The van der Waals surface area contributed by atoms with E-state index in [0.29, 0.717) is 26.3 Å². The molecule has 1 aromatic carbocycles. The number of likely N-dealkylation sites (tertiary alicyclic amines) is 1. The summed E-state index contributed by atoms with van der Waals surface area (Å²) in [6.07, 6.45) is 4.19. The maximum Gasteiger partial charge on any atom is 0.253 e. The van der Waals surface area contributed by atoms with E-state index in [-0.39, 0.29) is 5.91 Å². The van der Waals surface area contributed by atoms with E-state index >= 15 is 0 Å². The molecule has 0 unspecified atom stereocenters. The van der Waals surface area contributed by atoms with Crippen molar-refractivity contribution in [2.75, 3.05) is 32.8 Å². The summed E-state index contributed by atoms with van der Waals surface area (Å²) in [7, 11) is 0. The zero-order valence-corrected chi connectivity index (χ0v) is 15.1. The standard InChI is InChI=1S/C20H28N2O3/c1-2-21(18-7-8-18)15-16-3-5-17(6-4-16)19(23)22-11-9-20(10-12-22)24-13-14-25-20/h3-6,18H,2,7-15H2,1H3. The van der Waals surface area contributed by atoms with Crippen LogP contribution in [-0.4, -0.2) is 60.4 Å². The predicted octanol–water partition coefficient (Wildman–Crippen LogP) is 2.65. The van der Waals surface area contributed by atoms with Crippen LogP contribution in [0.3, 0.4) is 0 Å². The molecule has 5 nitrogen and oxygen atoms in total. The second-order valence-corrected chi connectivity index (χ2v) is 7.39. The molecule has 0 radical (unpaired) electrons. The summed E-state index contributed by atoms with van der Waals surface area (Å²) < 4.78 is 11.5. The normalized spacial score (nSPS) is 22.7. The van der Waals surface area contributed by atoms with Crippen LogP contribution >= 0.6 is 0 Å². The maximum absolute atomic E-state index is 12.7. The number of hydrogen-bond acceptors (Lipinski definition) is 4. The van der Waals surface area contributed by atoms with Crippen LogP contribution in [0.15, 0.2) is 24.3 Å². The monoisotopic (exact) mass is 344 g/mol. The number of piperidine rings is 1. The van der Waals surface area contributed by atoms with Gasteiger partial charge in [0.05, 0.1) is 13.2 Å². The fraction of sp³-hybridized carbons (Fsp3) is 0.650. The SMILES string of the molecule is CCN(Cc1ccc(C(=O)N2CCC3(CC2)OCCO3)cc1)C1CC1. The number of benzene rings is 1. The van der Waals surface area contributed by atoms with E-state index in [1.165, 1.54) is 18.4 Å². The Balaban J connectivity index is 1.34. The zero-order chi connectivity index (χ0) is 17.3.